The average molecular weight is 845 g/mol. The van der Waals surface area contributed by atoms with Crippen molar-refractivity contribution in [2.24, 2.45) is 41.4 Å². The summed E-state index contributed by atoms with van der Waals surface area (Å²) in [6.07, 6.45) is 8.07. The molecule has 0 N–H and O–H groups in total. The zero-order chi connectivity index (χ0) is 42.1. The molecule has 5 unspecified atom stereocenters. The van der Waals surface area contributed by atoms with E-state index >= 15 is 4.79 Å². The van der Waals surface area contributed by atoms with E-state index in [9.17, 15) is 4.79 Å². The lowest BCUT2D eigenvalue weighted by molar-refractivity contribution is -0.314. The van der Waals surface area contributed by atoms with Crippen LogP contribution in [0.15, 0.2) is 36.4 Å². The Balaban J connectivity index is 1.21. The Morgan fingerprint density at radius 3 is 2.27 bits per heavy atom. The molecule has 0 bridgehead atoms. The van der Waals surface area contributed by atoms with Crippen molar-refractivity contribution in [2.75, 3.05) is 35.4 Å². The van der Waals surface area contributed by atoms with Gasteiger partial charge in [0.25, 0.3) is 0 Å². The number of ketones is 1. The van der Waals surface area contributed by atoms with Crippen molar-refractivity contribution in [3.63, 3.8) is 0 Å². The number of fused-ring (bicyclic) bond motifs is 5. The number of methoxy groups -OCH3 is 3. The van der Waals surface area contributed by atoms with Gasteiger partial charge in [-0.25, -0.2) is 0 Å². The number of cyclic esters (lactones) is 1. The maximum absolute atomic E-state index is 15.6. The summed E-state index contributed by atoms with van der Waals surface area (Å²) in [5, 5.41) is 0.633. The third kappa shape index (κ3) is 9.40. The van der Waals surface area contributed by atoms with Crippen molar-refractivity contribution in [2.45, 2.75) is 159 Å². The number of rotatable bonds is 10. The minimum absolute atomic E-state index is 0.00975. The fraction of sp³-hybridized carbons (Fsp3) is 0.787. The minimum Gasteiger partial charge on any atom is -0.462 e. The van der Waals surface area contributed by atoms with E-state index in [0.29, 0.717) is 17.5 Å². The summed E-state index contributed by atoms with van der Waals surface area (Å²) in [6, 6.07) is 8.34. The summed E-state index contributed by atoms with van der Waals surface area (Å²) < 4.78 is 50.5. The maximum atomic E-state index is 15.6. The van der Waals surface area contributed by atoms with Crippen LogP contribution < -0.4 is 0 Å². The van der Waals surface area contributed by atoms with Gasteiger partial charge in [-0.3, -0.25) is 9.59 Å². The van der Waals surface area contributed by atoms with Crippen LogP contribution in [-0.2, 0) is 47.5 Å². The normalized spacial score (nSPS) is 44.3. The zero-order valence-corrected chi connectivity index (χ0v) is 37.5. The van der Waals surface area contributed by atoms with Crippen LogP contribution in [0, 0.1) is 41.4 Å². The van der Waals surface area contributed by atoms with E-state index in [1.54, 1.807) is 21.3 Å². The second-order valence-corrected chi connectivity index (χ2v) is 19.0. The summed E-state index contributed by atoms with van der Waals surface area (Å²) in [6.45, 7) is 8.22. The molecule has 1 aromatic carbocycles. The van der Waals surface area contributed by atoms with Gasteiger partial charge in [0.05, 0.1) is 24.4 Å². The first-order chi connectivity index (χ1) is 28.4. The largest absolute Gasteiger partial charge is 0.462 e. The molecule has 5 fully saturated rings. The molecule has 2 saturated carbocycles. The van der Waals surface area contributed by atoms with Gasteiger partial charge < -0.3 is 42.8 Å². The lowest BCUT2D eigenvalue weighted by Crippen LogP contribution is -2.59. The van der Waals surface area contributed by atoms with Crippen LogP contribution in [0.1, 0.15) is 97.0 Å². The van der Waals surface area contributed by atoms with E-state index in [-0.39, 0.29) is 103 Å². The summed E-state index contributed by atoms with van der Waals surface area (Å²) in [5.74, 6) is -0.857. The number of benzene rings is 1. The summed E-state index contributed by atoms with van der Waals surface area (Å²) >= 11 is 6.76. The van der Waals surface area contributed by atoms with Gasteiger partial charge >= 0.3 is 5.97 Å². The Hall–Kier alpha value is -1.93. The Bertz CT molecular complexity index is 1610. The molecule has 3 heterocycles. The predicted molar refractivity (Wildman–Crippen MR) is 224 cm³/mol. The molecule has 11 nitrogen and oxygen atoms in total. The van der Waals surface area contributed by atoms with Crippen LogP contribution in [-0.4, -0.2) is 120 Å². The average Bonchev–Trinajstić information content (AvgIpc) is 3.77. The molecule has 0 aromatic heterocycles. The van der Waals surface area contributed by atoms with E-state index in [4.69, 9.17) is 49.5 Å². The second-order valence-electron chi connectivity index (χ2n) is 18.6. The fourth-order valence-corrected chi connectivity index (χ4v) is 12.5. The Morgan fingerprint density at radius 2 is 1.59 bits per heavy atom. The molecule has 12 heteroatoms. The van der Waals surface area contributed by atoms with E-state index in [0.717, 1.165) is 50.5 Å². The number of hydrogen-bond donors (Lipinski definition) is 0. The van der Waals surface area contributed by atoms with Crippen molar-refractivity contribution in [3.05, 3.63) is 47.0 Å². The van der Waals surface area contributed by atoms with Crippen molar-refractivity contribution in [1.82, 2.24) is 4.90 Å². The molecular weight excluding hydrogens is 774 g/mol. The van der Waals surface area contributed by atoms with Crippen LogP contribution >= 0.6 is 11.6 Å². The Labute approximate surface area is 357 Å². The van der Waals surface area contributed by atoms with Crippen molar-refractivity contribution < 1.29 is 47.5 Å². The van der Waals surface area contributed by atoms with Crippen LogP contribution in [0.4, 0.5) is 0 Å². The highest BCUT2D eigenvalue weighted by atomic mass is 35.5. The Kier molecular flexibility index (Phi) is 15.0. The second kappa shape index (κ2) is 19.6. The van der Waals surface area contributed by atoms with Crippen molar-refractivity contribution in [3.8, 4) is 0 Å². The molecule has 59 heavy (non-hydrogen) atoms. The van der Waals surface area contributed by atoms with Crippen LogP contribution in [0.5, 0.6) is 0 Å². The molecule has 3 aliphatic carbocycles. The molecule has 0 amide bonds. The molecular formula is C47H70ClNO10. The standard InChI is InChI=1S/C47H70ClNO10/c1-10-31-15-12-16-37(59-39-20-19-36(49(5)6)26(3)55-39)25(2)43(51)42-35(24-38(50)57-31)33-18-17-28-22-32(23-34(28)41(33)40(42)29-13-11-14-30(48)21-29)58-47-46(54-9)45(53-8)44(52-7)27(4)56-47/h11,13-14,17-18,21,25-28,31-37,39-42,44-47H,10,12,15-16,19-20,22-24H2,1-9H3/t25-,26?,27?,28-,31+,32-,33+,34-,35+,36+,37+,39+,40?,41-,42?,44+,45?,46+,47+/m1/s1. The molecule has 19 atom stereocenters. The smallest absolute Gasteiger partial charge is 0.306 e. The van der Waals surface area contributed by atoms with Crippen molar-refractivity contribution in [1.29, 1.82) is 0 Å². The number of nitrogens with zero attached hydrogens (tertiary/aromatic N) is 1. The molecule has 3 aliphatic heterocycles. The predicted octanol–water partition coefficient (Wildman–Crippen LogP) is 7.61. The first-order valence-electron chi connectivity index (χ1n) is 22.4. The number of carbonyl (C=O) groups is 2. The lowest BCUT2D eigenvalue weighted by atomic mass is 9.67. The number of esters is 1. The third-order valence-electron chi connectivity index (χ3n) is 15.1. The van der Waals surface area contributed by atoms with Gasteiger partial charge in [0, 0.05) is 50.7 Å². The third-order valence-corrected chi connectivity index (χ3v) is 15.3. The lowest BCUT2D eigenvalue weighted by Gasteiger charge is -2.44. The minimum atomic E-state index is -0.635. The number of likely N-dealkylation sites (N-methyl/N-ethyl adjacent to an activating group) is 1. The zero-order valence-electron chi connectivity index (χ0n) is 36.7. The quantitative estimate of drug-likeness (QED) is 0.172. The highest BCUT2D eigenvalue weighted by Gasteiger charge is 2.60. The fourth-order valence-electron chi connectivity index (χ4n) is 12.3. The number of ether oxygens (including phenoxy) is 8. The maximum Gasteiger partial charge on any atom is 0.306 e. The van der Waals surface area contributed by atoms with E-state index in [1.807, 2.05) is 32.0 Å². The summed E-state index contributed by atoms with van der Waals surface area (Å²) in [5.41, 5.74) is 1.04. The van der Waals surface area contributed by atoms with Gasteiger partial charge in [-0.15, -0.1) is 0 Å². The summed E-state index contributed by atoms with van der Waals surface area (Å²) in [4.78, 5) is 31.8. The van der Waals surface area contributed by atoms with Gasteiger partial charge in [-0.05, 0) is 133 Å². The van der Waals surface area contributed by atoms with Crippen LogP contribution in [0.25, 0.3) is 0 Å². The molecule has 1 aromatic rings. The highest BCUT2D eigenvalue weighted by molar-refractivity contribution is 6.30. The number of allylic oxidation sites excluding steroid dienone is 2. The highest BCUT2D eigenvalue weighted by Crippen LogP contribution is 2.63. The van der Waals surface area contributed by atoms with Crippen LogP contribution in [0.3, 0.4) is 0 Å². The molecule has 0 spiro atoms. The molecule has 0 radical (unpaired) electrons. The Morgan fingerprint density at radius 1 is 0.831 bits per heavy atom. The van der Waals surface area contributed by atoms with Gasteiger partial charge in [0.15, 0.2) is 12.6 Å². The van der Waals surface area contributed by atoms with Crippen molar-refractivity contribution >= 4 is 23.4 Å². The van der Waals surface area contributed by atoms with E-state index in [2.05, 4.69) is 51.1 Å². The molecule has 6 aliphatic rings. The number of Topliss-reactive ketones (excluding diaryl/α,β-unsaturated/α-hetero) is 1. The van der Waals surface area contributed by atoms with Gasteiger partial charge in [-0.1, -0.05) is 49.7 Å². The van der Waals surface area contributed by atoms with Crippen LogP contribution in [0.2, 0.25) is 5.02 Å². The molecule has 330 valence electrons. The number of carbonyl (C=O) groups excluding carboxylic acids is 2. The van der Waals surface area contributed by atoms with E-state index < -0.39 is 24.2 Å². The first kappa shape index (κ1) is 45.1. The monoisotopic (exact) mass is 843 g/mol. The van der Waals surface area contributed by atoms with Gasteiger partial charge in [0.1, 0.15) is 30.2 Å². The molecule has 7 rings (SSSR count). The number of hydrogen-bond acceptors (Lipinski definition) is 11. The number of halogens is 1. The first-order valence-corrected chi connectivity index (χ1v) is 22.8. The van der Waals surface area contributed by atoms with E-state index in [1.165, 1.54) is 0 Å². The van der Waals surface area contributed by atoms with Gasteiger partial charge in [0.2, 0.25) is 0 Å². The van der Waals surface area contributed by atoms with Gasteiger partial charge in [-0.2, -0.15) is 0 Å². The topological polar surface area (TPSA) is 111 Å². The summed E-state index contributed by atoms with van der Waals surface area (Å²) in [7, 11) is 9.16. The SMILES string of the molecule is CC[C@H]1CCC[C@H](O[C@H]2CC[C@H](N(C)C)C(C)O2)[C@@H](C)C(=O)C2C(c3cccc(Cl)c3)[C@@H]3[C@@H](C=C[C@@H]4C[C@@H](O[C@@H]5OC(C)[C@H](OC)C(OC)[C@@H]5OC)C[C@@H]34)[C@@H]2CC(=O)O1. The molecule has 3 saturated heterocycles.